The van der Waals surface area contributed by atoms with Crippen molar-refractivity contribution in [3.05, 3.63) is 70.6 Å². The fourth-order valence-corrected chi connectivity index (χ4v) is 4.48. The monoisotopic (exact) mass is 526 g/mol. The van der Waals surface area contributed by atoms with Crippen LogP contribution in [0.15, 0.2) is 48.9 Å². The minimum absolute atomic E-state index is 0.0254. The lowest BCUT2D eigenvalue weighted by atomic mass is 10.1. The second-order valence-corrected chi connectivity index (χ2v) is 10.0. The molecule has 0 saturated heterocycles. The molecule has 3 heterocycles. The lowest BCUT2D eigenvalue weighted by Crippen LogP contribution is -2.13. The minimum atomic E-state index is -4.56. The van der Waals surface area contributed by atoms with Gasteiger partial charge in [0.15, 0.2) is 0 Å². The number of imidazole rings is 1. The van der Waals surface area contributed by atoms with Crippen molar-refractivity contribution < 1.29 is 35.3 Å². The zero-order chi connectivity index (χ0) is 25.4. The Balaban J connectivity index is 1.62. The van der Waals surface area contributed by atoms with Gasteiger partial charge in [-0.2, -0.15) is 21.6 Å². The van der Waals surface area contributed by atoms with Crippen molar-refractivity contribution in [3.63, 3.8) is 0 Å². The van der Waals surface area contributed by atoms with Crippen molar-refractivity contribution in [2.45, 2.75) is 19.4 Å². The van der Waals surface area contributed by atoms with E-state index in [2.05, 4.69) is 9.97 Å². The normalized spacial score (nSPS) is 12.2. The third-order valence-electron chi connectivity index (χ3n) is 4.76. The molecule has 0 atom stereocenters. The lowest BCUT2D eigenvalue weighted by molar-refractivity contribution is -0.138. The summed E-state index contributed by atoms with van der Waals surface area (Å²) in [4.78, 5) is 20.4. The molecule has 0 aliphatic heterocycles. The molecule has 184 valence electrons. The van der Waals surface area contributed by atoms with Crippen LogP contribution in [-0.4, -0.2) is 35.1 Å². The van der Waals surface area contributed by atoms with Crippen molar-refractivity contribution in [3.8, 4) is 10.8 Å². The highest BCUT2D eigenvalue weighted by atomic mass is 32.2. The molecule has 0 aliphatic carbocycles. The van der Waals surface area contributed by atoms with Crippen molar-refractivity contribution in [2.75, 3.05) is 6.26 Å². The zero-order valence-corrected chi connectivity index (χ0v) is 19.6. The van der Waals surface area contributed by atoms with Crippen LogP contribution in [0.1, 0.15) is 26.5 Å². The van der Waals surface area contributed by atoms with E-state index in [-0.39, 0.29) is 22.8 Å². The van der Waals surface area contributed by atoms with Gasteiger partial charge < -0.3 is 10.5 Å². The highest BCUT2D eigenvalue weighted by Crippen LogP contribution is 2.36. The molecule has 1 amide bonds. The summed E-state index contributed by atoms with van der Waals surface area (Å²) < 4.78 is 74.1. The maximum absolute atomic E-state index is 13.3. The Hall–Kier alpha value is -3.49. The van der Waals surface area contributed by atoms with Gasteiger partial charge in [0.1, 0.15) is 35.2 Å². The van der Waals surface area contributed by atoms with Gasteiger partial charge in [0.2, 0.25) is 0 Å². The number of thiophene rings is 1. The van der Waals surface area contributed by atoms with Gasteiger partial charge in [0.25, 0.3) is 16.0 Å². The van der Waals surface area contributed by atoms with Gasteiger partial charge >= 0.3 is 6.18 Å². The molecule has 9 nitrogen and oxygen atoms in total. The summed E-state index contributed by atoms with van der Waals surface area (Å²) in [5, 5.41) is 0.461. The molecule has 3 aromatic heterocycles. The van der Waals surface area contributed by atoms with Crippen LogP contribution in [0.3, 0.4) is 0 Å². The van der Waals surface area contributed by atoms with Crippen LogP contribution >= 0.6 is 11.3 Å². The summed E-state index contributed by atoms with van der Waals surface area (Å²) in [6.45, 7) is -0.689. The largest absolute Gasteiger partial charge is 0.487 e. The molecule has 14 heteroatoms. The third-order valence-corrected chi connectivity index (χ3v) is 6.44. The van der Waals surface area contributed by atoms with Crippen LogP contribution in [0.4, 0.5) is 13.2 Å². The van der Waals surface area contributed by atoms with Gasteiger partial charge in [-0.25, -0.2) is 4.98 Å². The Labute approximate surface area is 201 Å². The minimum Gasteiger partial charge on any atom is -0.487 e. The summed E-state index contributed by atoms with van der Waals surface area (Å²) in [5.74, 6) is -0.773. The topological polar surface area (TPSA) is 126 Å². The molecule has 35 heavy (non-hydrogen) atoms. The summed E-state index contributed by atoms with van der Waals surface area (Å²) in [6, 6.07) is 8.00. The molecule has 2 N–H and O–H groups in total. The number of hydrogen-bond donors (Lipinski definition) is 1. The first-order valence-corrected chi connectivity index (χ1v) is 12.4. The van der Waals surface area contributed by atoms with Crippen LogP contribution in [-0.2, 0) is 33.7 Å². The number of hydrogen-bond acceptors (Lipinski definition) is 8. The molecule has 4 aromatic rings. The molecule has 0 spiro atoms. The lowest BCUT2D eigenvalue weighted by Gasteiger charge is -2.13. The van der Waals surface area contributed by atoms with E-state index in [1.54, 1.807) is 10.6 Å². The number of nitrogens with two attached hydrogens (primary N) is 1. The van der Waals surface area contributed by atoms with Crippen LogP contribution in [0.2, 0.25) is 0 Å². The molecular weight excluding hydrogens is 509 g/mol. The van der Waals surface area contributed by atoms with Gasteiger partial charge in [-0.15, -0.1) is 11.3 Å². The number of rotatable bonds is 8. The van der Waals surface area contributed by atoms with E-state index >= 15 is 0 Å². The van der Waals surface area contributed by atoms with Crippen molar-refractivity contribution >= 4 is 38.4 Å². The molecule has 1 aromatic carbocycles. The zero-order valence-electron chi connectivity index (χ0n) is 17.9. The highest BCUT2D eigenvalue weighted by molar-refractivity contribution is 7.85. The number of carbonyl (C=O) groups is 1. The van der Waals surface area contributed by atoms with E-state index in [1.165, 1.54) is 36.8 Å². The molecule has 0 bridgehead atoms. The molecule has 0 unspecified atom stereocenters. The summed E-state index contributed by atoms with van der Waals surface area (Å²) in [6.07, 6.45) is -0.727. The Morgan fingerprint density at radius 3 is 2.60 bits per heavy atom. The van der Waals surface area contributed by atoms with E-state index in [9.17, 15) is 26.4 Å². The Kier molecular flexibility index (Phi) is 6.53. The first-order valence-electron chi connectivity index (χ1n) is 9.80. The van der Waals surface area contributed by atoms with Crippen molar-refractivity contribution in [2.24, 2.45) is 5.73 Å². The van der Waals surface area contributed by atoms with Crippen LogP contribution in [0.5, 0.6) is 5.75 Å². The molecule has 0 saturated carbocycles. The number of amides is 1. The maximum Gasteiger partial charge on any atom is 0.416 e. The number of benzene rings is 1. The SMILES string of the molecule is CS(=O)(=O)OCc1cc2ncn(-c3cc(OCc4ccccc4C(F)(F)F)c(C(N)=O)s3)c2cn1. The average molecular weight is 527 g/mol. The number of primary amides is 1. The summed E-state index contributed by atoms with van der Waals surface area (Å²) in [7, 11) is -3.64. The van der Waals surface area contributed by atoms with Gasteiger partial charge in [0, 0.05) is 11.6 Å². The first kappa shape index (κ1) is 24.6. The Bertz CT molecular complexity index is 1510. The quantitative estimate of drug-likeness (QED) is 0.347. The van der Waals surface area contributed by atoms with E-state index in [0.717, 1.165) is 23.7 Å². The fraction of sp³-hybridized carbons (Fsp3) is 0.190. The van der Waals surface area contributed by atoms with Gasteiger partial charge in [-0.3, -0.25) is 18.5 Å². The number of nitrogens with zero attached hydrogens (tertiary/aromatic N) is 3. The number of alkyl halides is 3. The number of fused-ring (bicyclic) bond motifs is 1. The highest BCUT2D eigenvalue weighted by Gasteiger charge is 2.33. The second-order valence-electron chi connectivity index (χ2n) is 7.33. The summed E-state index contributed by atoms with van der Waals surface area (Å²) >= 11 is 0.972. The van der Waals surface area contributed by atoms with Crippen LogP contribution < -0.4 is 10.5 Å². The number of halogens is 3. The average Bonchev–Trinajstić information content (AvgIpc) is 3.39. The first-order chi connectivity index (χ1) is 16.4. The molecule has 0 aliphatic rings. The predicted octanol–water partition coefficient (Wildman–Crippen LogP) is 3.65. The maximum atomic E-state index is 13.3. The van der Waals surface area contributed by atoms with E-state index < -0.39 is 34.4 Å². The van der Waals surface area contributed by atoms with E-state index in [0.29, 0.717) is 21.7 Å². The number of aromatic nitrogens is 3. The molecule has 0 radical (unpaired) electrons. The molecular formula is C21H17F3N4O5S2. The number of carbonyl (C=O) groups excluding carboxylic acids is 1. The fourth-order valence-electron chi connectivity index (χ4n) is 3.21. The summed E-state index contributed by atoms with van der Waals surface area (Å²) in [5.41, 5.74) is 5.87. The number of pyridine rings is 1. The number of ether oxygens (including phenoxy) is 1. The van der Waals surface area contributed by atoms with E-state index in [4.69, 9.17) is 14.7 Å². The van der Waals surface area contributed by atoms with E-state index in [1.807, 2.05) is 0 Å². The van der Waals surface area contributed by atoms with Crippen molar-refractivity contribution in [1.29, 1.82) is 0 Å². The Morgan fingerprint density at radius 1 is 1.17 bits per heavy atom. The van der Waals surface area contributed by atoms with Gasteiger partial charge in [-0.05, 0) is 12.1 Å². The van der Waals surface area contributed by atoms with Crippen LogP contribution in [0, 0.1) is 0 Å². The predicted molar refractivity (Wildman–Crippen MR) is 121 cm³/mol. The second kappa shape index (κ2) is 9.28. The molecule has 4 rings (SSSR count). The standard InChI is InChI=1S/C21H17F3N4O5S2/c1-35(30,31)33-10-13-6-15-16(8-26-13)28(11-27-15)18-7-17(19(34-18)20(25)29)32-9-12-4-2-3-5-14(12)21(22,23)24/h2-8,11H,9-10H2,1H3,(H2,25,29). The molecule has 0 fully saturated rings. The smallest absolute Gasteiger partial charge is 0.416 e. The van der Waals surface area contributed by atoms with Gasteiger partial charge in [-0.1, -0.05) is 18.2 Å². The Morgan fingerprint density at radius 2 is 1.91 bits per heavy atom. The van der Waals surface area contributed by atoms with Gasteiger partial charge in [0.05, 0.1) is 34.7 Å². The third kappa shape index (κ3) is 5.61. The van der Waals surface area contributed by atoms with Crippen LogP contribution in [0.25, 0.3) is 16.0 Å². The van der Waals surface area contributed by atoms with Crippen molar-refractivity contribution in [1.82, 2.24) is 14.5 Å².